The lowest BCUT2D eigenvalue weighted by Crippen LogP contribution is -2.32. The highest BCUT2D eigenvalue weighted by Gasteiger charge is 2.14. The average molecular weight is 307 g/mol. The third-order valence-electron chi connectivity index (χ3n) is 1.77. The molecule has 0 amide bonds. The van der Waals surface area contributed by atoms with Gasteiger partial charge < -0.3 is 13.9 Å². The van der Waals surface area contributed by atoms with Gasteiger partial charge in [-0.1, -0.05) is 12.1 Å². The van der Waals surface area contributed by atoms with Crippen molar-refractivity contribution in [3.63, 3.8) is 0 Å². The first-order chi connectivity index (χ1) is 6.63. The van der Waals surface area contributed by atoms with Crippen LogP contribution in [0.1, 0.15) is 5.56 Å². The molecule has 0 heterocycles. The van der Waals surface area contributed by atoms with Crippen molar-refractivity contribution in [1.29, 1.82) is 0 Å². The zero-order valence-electron chi connectivity index (χ0n) is 7.31. The second-order valence-corrected chi connectivity index (χ2v) is 3.31. The van der Waals surface area contributed by atoms with Gasteiger partial charge in [-0.2, -0.15) is 0 Å². The van der Waals surface area contributed by atoms with Crippen molar-refractivity contribution in [2.75, 3.05) is 0 Å². The molecule has 1 rings (SSSR count). The molecule has 1 atom stereocenters. The van der Waals surface area contributed by atoms with E-state index >= 15 is 0 Å². The van der Waals surface area contributed by atoms with Gasteiger partial charge in [0.1, 0.15) is 11.8 Å². The van der Waals surface area contributed by atoms with Crippen LogP contribution in [0.4, 0.5) is 0 Å². The lowest BCUT2D eigenvalue weighted by molar-refractivity contribution is -0.132. The topological polar surface area (TPSA) is 72.5 Å². The third-order valence-corrected chi connectivity index (χ3v) is 2.20. The molecular formula is C9H10INO3. The summed E-state index contributed by atoms with van der Waals surface area (Å²) in [4.78, 5) is 11.0. The zero-order valence-corrected chi connectivity index (χ0v) is 9.47. The van der Waals surface area contributed by atoms with E-state index in [1.807, 2.05) is 0 Å². The summed E-state index contributed by atoms with van der Waals surface area (Å²) in [6, 6.07) is 5.89. The van der Waals surface area contributed by atoms with Gasteiger partial charge in [0.15, 0.2) is 23.0 Å². The van der Waals surface area contributed by atoms with Gasteiger partial charge in [-0.15, -0.1) is 0 Å². The zero-order chi connectivity index (χ0) is 10.6. The summed E-state index contributed by atoms with van der Waals surface area (Å²) in [7, 11) is 0. The van der Waals surface area contributed by atoms with E-state index in [0.29, 0.717) is 6.42 Å². The van der Waals surface area contributed by atoms with Gasteiger partial charge in [-0.25, -0.2) is 4.79 Å². The summed E-state index contributed by atoms with van der Waals surface area (Å²) in [6.45, 7) is 0. The molecule has 76 valence electrons. The summed E-state index contributed by atoms with van der Waals surface area (Å²) in [5.74, 6) is -0.252. The average Bonchev–Trinajstić information content (AvgIpc) is 2.20. The van der Waals surface area contributed by atoms with E-state index < -0.39 is 12.0 Å². The summed E-state index contributed by atoms with van der Waals surface area (Å²) in [6.07, 6.45) is 0.405. The number of carbonyl (C=O) groups excluding carboxylic acids is 1. The number of hydrogen-bond donors (Lipinski definition) is 2. The highest BCUT2D eigenvalue weighted by atomic mass is 127. The van der Waals surface area contributed by atoms with Gasteiger partial charge in [-0.05, 0) is 24.1 Å². The molecule has 14 heavy (non-hydrogen) atoms. The van der Waals surface area contributed by atoms with E-state index in [4.69, 9.17) is 10.8 Å². The summed E-state index contributed by atoms with van der Waals surface area (Å²) >= 11 is 1.51. The number of carbonyl (C=O) groups is 1. The minimum Gasteiger partial charge on any atom is -0.508 e. The van der Waals surface area contributed by atoms with Crippen molar-refractivity contribution in [3.8, 4) is 5.75 Å². The van der Waals surface area contributed by atoms with E-state index in [2.05, 4.69) is 3.07 Å². The summed E-state index contributed by atoms with van der Waals surface area (Å²) < 4.78 is 4.46. The first kappa shape index (κ1) is 11.3. The predicted octanol–water partition coefficient (Wildman–Crippen LogP) is 1.16. The molecule has 0 unspecified atom stereocenters. The highest BCUT2D eigenvalue weighted by Crippen LogP contribution is 2.11. The van der Waals surface area contributed by atoms with Gasteiger partial charge in [0.05, 0.1) is 0 Å². The number of phenols is 1. The Morgan fingerprint density at radius 1 is 1.50 bits per heavy atom. The van der Waals surface area contributed by atoms with Crippen LogP contribution >= 0.6 is 23.0 Å². The first-order valence-electron chi connectivity index (χ1n) is 3.99. The van der Waals surface area contributed by atoms with Crippen LogP contribution in [-0.4, -0.2) is 17.1 Å². The minimum absolute atomic E-state index is 0.193. The quantitative estimate of drug-likeness (QED) is 0.822. The van der Waals surface area contributed by atoms with Crippen molar-refractivity contribution >= 4 is 29.0 Å². The molecule has 3 N–H and O–H groups in total. The van der Waals surface area contributed by atoms with Gasteiger partial charge >= 0.3 is 5.97 Å². The number of benzene rings is 1. The molecule has 1 aromatic carbocycles. The fraction of sp³-hybridized carbons (Fsp3) is 0.222. The highest BCUT2D eigenvalue weighted by molar-refractivity contribution is 14.1. The Morgan fingerprint density at radius 3 is 2.57 bits per heavy atom. The molecule has 0 fully saturated rings. The monoisotopic (exact) mass is 307 g/mol. The van der Waals surface area contributed by atoms with Crippen molar-refractivity contribution < 1.29 is 13.0 Å². The molecule has 5 heteroatoms. The number of aromatic hydroxyl groups is 1. The van der Waals surface area contributed by atoms with Crippen LogP contribution in [0, 0.1) is 0 Å². The van der Waals surface area contributed by atoms with Crippen molar-refractivity contribution in [2.24, 2.45) is 5.73 Å². The SMILES string of the molecule is N[C@@H](Cc1ccc(O)cc1)C(=O)OI. The van der Waals surface area contributed by atoms with Crippen LogP contribution in [0.5, 0.6) is 5.75 Å². The predicted molar refractivity (Wildman–Crippen MR) is 59.9 cm³/mol. The van der Waals surface area contributed by atoms with Crippen LogP contribution in [-0.2, 0) is 14.3 Å². The Balaban J connectivity index is 2.60. The maximum absolute atomic E-state index is 11.0. The fourth-order valence-corrected chi connectivity index (χ4v) is 1.35. The molecule has 1 aromatic rings. The molecule has 0 aliphatic rings. The van der Waals surface area contributed by atoms with Crippen molar-refractivity contribution in [3.05, 3.63) is 29.8 Å². The van der Waals surface area contributed by atoms with Crippen molar-refractivity contribution in [2.45, 2.75) is 12.5 Å². The number of nitrogens with two attached hydrogens (primary N) is 1. The Morgan fingerprint density at radius 2 is 2.07 bits per heavy atom. The third kappa shape index (κ3) is 3.15. The molecule has 0 aromatic heterocycles. The van der Waals surface area contributed by atoms with E-state index in [1.165, 1.54) is 23.0 Å². The number of rotatable bonds is 3. The molecule has 0 aliphatic carbocycles. The van der Waals surface area contributed by atoms with E-state index in [0.717, 1.165) is 5.56 Å². The molecule has 0 bridgehead atoms. The van der Waals surface area contributed by atoms with Crippen LogP contribution in [0.15, 0.2) is 24.3 Å². The number of halogens is 1. The molecule has 4 nitrogen and oxygen atoms in total. The van der Waals surface area contributed by atoms with E-state index in [1.54, 1.807) is 24.3 Å². The summed E-state index contributed by atoms with van der Waals surface area (Å²) in [5, 5.41) is 9.02. The Hall–Kier alpha value is -0.820. The molecule has 0 saturated heterocycles. The molecule has 0 saturated carbocycles. The lowest BCUT2D eigenvalue weighted by atomic mass is 10.1. The minimum atomic E-state index is -0.656. The van der Waals surface area contributed by atoms with Crippen LogP contribution in [0.3, 0.4) is 0 Å². The molecule has 0 spiro atoms. The van der Waals surface area contributed by atoms with Gasteiger partial charge in [0.2, 0.25) is 0 Å². The van der Waals surface area contributed by atoms with Gasteiger partial charge in [0, 0.05) is 0 Å². The lowest BCUT2D eigenvalue weighted by Gasteiger charge is -2.07. The smallest absolute Gasteiger partial charge is 0.332 e. The maximum Gasteiger partial charge on any atom is 0.332 e. The first-order valence-corrected chi connectivity index (χ1v) is 4.87. The van der Waals surface area contributed by atoms with Crippen LogP contribution in [0.25, 0.3) is 0 Å². The fourth-order valence-electron chi connectivity index (χ4n) is 1.03. The van der Waals surface area contributed by atoms with E-state index in [-0.39, 0.29) is 5.75 Å². The second kappa shape index (κ2) is 5.16. The van der Waals surface area contributed by atoms with E-state index in [9.17, 15) is 4.79 Å². The number of phenolic OH excluding ortho intramolecular Hbond substituents is 1. The molecular weight excluding hydrogens is 297 g/mol. The summed E-state index contributed by atoms with van der Waals surface area (Å²) in [5.41, 5.74) is 6.44. The van der Waals surface area contributed by atoms with Crippen LogP contribution in [0.2, 0.25) is 0 Å². The Labute approximate surface area is 95.7 Å². The Kier molecular flexibility index (Phi) is 4.15. The standard InChI is InChI=1S/C9H10INO3/c10-14-9(13)8(11)5-6-1-3-7(12)4-2-6/h1-4,8,12H,5,11H2/t8-/m0/s1. The molecule has 0 aliphatic heterocycles. The van der Waals surface area contributed by atoms with Gasteiger partial charge in [-0.3, -0.25) is 0 Å². The van der Waals surface area contributed by atoms with Crippen LogP contribution < -0.4 is 5.73 Å². The largest absolute Gasteiger partial charge is 0.508 e. The maximum atomic E-state index is 11.0. The molecule has 0 radical (unpaired) electrons. The number of hydrogen-bond acceptors (Lipinski definition) is 4. The normalized spacial score (nSPS) is 12.1. The van der Waals surface area contributed by atoms with Gasteiger partial charge in [0.25, 0.3) is 0 Å². The second-order valence-electron chi connectivity index (χ2n) is 2.87. The van der Waals surface area contributed by atoms with Crippen molar-refractivity contribution in [1.82, 2.24) is 0 Å². The Bertz CT molecular complexity index is 312.